The zero-order valence-corrected chi connectivity index (χ0v) is 9.69. The summed E-state index contributed by atoms with van der Waals surface area (Å²) in [5.41, 5.74) is 6.03. The van der Waals surface area contributed by atoms with Gasteiger partial charge in [0.25, 0.3) is 5.91 Å². The number of fused-ring (bicyclic) bond motifs is 1. The minimum absolute atomic E-state index is 0.0510. The lowest BCUT2D eigenvalue weighted by molar-refractivity contribution is 0.0916. The smallest absolute Gasteiger partial charge is 0.285 e. The van der Waals surface area contributed by atoms with E-state index in [-0.39, 0.29) is 17.5 Å². The van der Waals surface area contributed by atoms with E-state index in [4.69, 9.17) is 10.2 Å². The first-order valence-corrected chi connectivity index (χ1v) is 5.38. The van der Waals surface area contributed by atoms with Gasteiger partial charge in [0, 0.05) is 11.3 Å². The number of hydrogen-bond acceptors (Lipinski definition) is 3. The van der Waals surface area contributed by atoms with Crippen molar-refractivity contribution in [2.75, 3.05) is 0 Å². The van der Waals surface area contributed by atoms with Crippen molar-refractivity contribution in [2.45, 2.75) is 13.8 Å². The number of para-hydroxylation sites is 1. The summed E-state index contributed by atoms with van der Waals surface area (Å²) in [7, 11) is 0. The molecule has 2 rings (SSSR count). The van der Waals surface area contributed by atoms with Crippen LogP contribution < -0.4 is 5.73 Å². The molecule has 0 fully saturated rings. The Morgan fingerprint density at radius 3 is 2.47 bits per heavy atom. The highest BCUT2D eigenvalue weighted by molar-refractivity contribution is 6.15. The number of nitrogens with two attached hydrogens (primary N) is 1. The third-order valence-corrected chi connectivity index (χ3v) is 2.59. The molecule has 17 heavy (non-hydrogen) atoms. The number of benzene rings is 1. The van der Waals surface area contributed by atoms with Crippen LogP contribution >= 0.6 is 0 Å². The average molecular weight is 231 g/mol. The summed E-state index contributed by atoms with van der Waals surface area (Å²) in [4.78, 5) is 23.4. The lowest BCUT2D eigenvalue weighted by atomic mass is 9.98. The number of furan rings is 1. The van der Waals surface area contributed by atoms with Crippen LogP contribution in [0, 0.1) is 5.92 Å². The first-order chi connectivity index (χ1) is 8.02. The van der Waals surface area contributed by atoms with E-state index in [1.807, 2.05) is 0 Å². The number of ketones is 1. The summed E-state index contributed by atoms with van der Waals surface area (Å²) in [6.07, 6.45) is 0. The van der Waals surface area contributed by atoms with Crippen LogP contribution in [-0.2, 0) is 0 Å². The number of rotatable bonds is 3. The summed E-state index contributed by atoms with van der Waals surface area (Å²) in [5, 5.41) is 0.639. The van der Waals surface area contributed by atoms with Crippen LogP contribution in [0.4, 0.5) is 0 Å². The molecule has 4 nitrogen and oxygen atoms in total. The molecule has 1 amide bonds. The number of carbonyl (C=O) groups is 2. The Hall–Kier alpha value is -2.10. The second-order valence-electron chi connectivity index (χ2n) is 4.19. The highest BCUT2D eigenvalue weighted by Crippen LogP contribution is 2.27. The molecule has 0 aliphatic carbocycles. The molecule has 0 atom stereocenters. The Morgan fingerprint density at radius 2 is 1.88 bits per heavy atom. The molecule has 0 spiro atoms. The molecule has 1 heterocycles. The van der Waals surface area contributed by atoms with E-state index in [0.717, 1.165) is 0 Å². The van der Waals surface area contributed by atoms with E-state index in [9.17, 15) is 9.59 Å². The van der Waals surface area contributed by atoms with Gasteiger partial charge in [0.15, 0.2) is 5.78 Å². The number of amides is 1. The molecule has 2 aromatic rings. The number of primary amides is 1. The van der Waals surface area contributed by atoms with Gasteiger partial charge >= 0.3 is 0 Å². The van der Waals surface area contributed by atoms with Crippen molar-refractivity contribution >= 4 is 22.7 Å². The number of Topliss-reactive ketones (excluding diaryl/α,β-unsaturated/α-hetero) is 1. The zero-order valence-electron chi connectivity index (χ0n) is 9.69. The van der Waals surface area contributed by atoms with Crippen LogP contribution in [0.3, 0.4) is 0 Å². The molecular weight excluding hydrogens is 218 g/mol. The predicted molar refractivity (Wildman–Crippen MR) is 63.9 cm³/mol. The normalized spacial score (nSPS) is 11.0. The molecule has 0 aliphatic heterocycles. The van der Waals surface area contributed by atoms with Gasteiger partial charge in [-0.15, -0.1) is 0 Å². The molecule has 1 aromatic carbocycles. The van der Waals surface area contributed by atoms with Gasteiger partial charge in [0.05, 0.1) is 5.56 Å². The summed E-state index contributed by atoms with van der Waals surface area (Å²) < 4.78 is 5.34. The van der Waals surface area contributed by atoms with Crippen LogP contribution in [0.25, 0.3) is 11.0 Å². The quantitative estimate of drug-likeness (QED) is 0.824. The van der Waals surface area contributed by atoms with Crippen LogP contribution in [0.5, 0.6) is 0 Å². The summed E-state index contributed by atoms with van der Waals surface area (Å²) in [6, 6.07) is 7.03. The minimum atomic E-state index is -0.717. The maximum absolute atomic E-state index is 12.1. The van der Waals surface area contributed by atoms with E-state index < -0.39 is 5.91 Å². The Labute approximate surface area is 98.4 Å². The van der Waals surface area contributed by atoms with E-state index >= 15 is 0 Å². The summed E-state index contributed by atoms with van der Waals surface area (Å²) in [6.45, 7) is 3.55. The average Bonchev–Trinajstić information content (AvgIpc) is 2.67. The molecule has 0 bridgehead atoms. The Bertz CT molecular complexity index is 596. The van der Waals surface area contributed by atoms with Gasteiger partial charge in [-0.1, -0.05) is 32.0 Å². The standard InChI is InChI=1S/C13H13NO3/c1-7(2)11(15)10-8-5-3-4-6-9(8)17-12(10)13(14)16/h3-7H,1-2H3,(H2,14,16). The van der Waals surface area contributed by atoms with Crippen molar-refractivity contribution in [1.29, 1.82) is 0 Å². The van der Waals surface area contributed by atoms with E-state index in [1.54, 1.807) is 38.1 Å². The maximum atomic E-state index is 12.1. The van der Waals surface area contributed by atoms with Crippen LogP contribution in [0.1, 0.15) is 34.8 Å². The van der Waals surface area contributed by atoms with Gasteiger partial charge in [0.1, 0.15) is 5.58 Å². The SMILES string of the molecule is CC(C)C(=O)c1c(C(N)=O)oc2ccccc12. The fourth-order valence-electron chi connectivity index (χ4n) is 1.75. The molecule has 88 valence electrons. The fraction of sp³-hybridized carbons (Fsp3) is 0.231. The molecular formula is C13H13NO3. The number of hydrogen-bond donors (Lipinski definition) is 1. The second-order valence-corrected chi connectivity index (χ2v) is 4.19. The van der Waals surface area contributed by atoms with Crippen LogP contribution in [-0.4, -0.2) is 11.7 Å². The highest BCUT2D eigenvalue weighted by atomic mass is 16.3. The van der Waals surface area contributed by atoms with Crippen LogP contribution in [0.15, 0.2) is 28.7 Å². The monoisotopic (exact) mass is 231 g/mol. The van der Waals surface area contributed by atoms with Crippen molar-refractivity contribution < 1.29 is 14.0 Å². The minimum Gasteiger partial charge on any atom is -0.450 e. The highest BCUT2D eigenvalue weighted by Gasteiger charge is 2.25. The van der Waals surface area contributed by atoms with Gasteiger partial charge in [-0.25, -0.2) is 0 Å². The van der Waals surface area contributed by atoms with Crippen molar-refractivity contribution in [3.8, 4) is 0 Å². The number of carbonyl (C=O) groups excluding carboxylic acids is 2. The lowest BCUT2D eigenvalue weighted by Crippen LogP contribution is -2.17. The molecule has 0 saturated heterocycles. The first kappa shape index (κ1) is 11.4. The van der Waals surface area contributed by atoms with Gasteiger partial charge in [-0.3, -0.25) is 9.59 Å². The molecule has 0 radical (unpaired) electrons. The lowest BCUT2D eigenvalue weighted by Gasteiger charge is -2.02. The van der Waals surface area contributed by atoms with Crippen molar-refractivity contribution in [3.63, 3.8) is 0 Å². The molecule has 4 heteroatoms. The van der Waals surface area contributed by atoms with Gasteiger partial charge < -0.3 is 10.2 Å². The van der Waals surface area contributed by atoms with E-state index in [1.165, 1.54) is 0 Å². The second kappa shape index (κ2) is 4.05. The molecule has 2 N–H and O–H groups in total. The Balaban J connectivity index is 2.77. The van der Waals surface area contributed by atoms with Crippen molar-refractivity contribution in [3.05, 3.63) is 35.6 Å². The largest absolute Gasteiger partial charge is 0.450 e. The Morgan fingerprint density at radius 1 is 1.24 bits per heavy atom. The van der Waals surface area contributed by atoms with Crippen LogP contribution in [0.2, 0.25) is 0 Å². The molecule has 0 unspecified atom stereocenters. The molecule has 0 aliphatic rings. The molecule has 1 aromatic heterocycles. The van der Waals surface area contributed by atoms with Gasteiger partial charge in [-0.05, 0) is 6.07 Å². The summed E-state index contributed by atoms with van der Waals surface area (Å²) >= 11 is 0. The first-order valence-electron chi connectivity index (χ1n) is 5.38. The predicted octanol–water partition coefficient (Wildman–Crippen LogP) is 2.37. The van der Waals surface area contributed by atoms with E-state index in [0.29, 0.717) is 16.5 Å². The molecule has 0 saturated carbocycles. The Kier molecular flexibility index (Phi) is 2.71. The van der Waals surface area contributed by atoms with Crippen molar-refractivity contribution in [1.82, 2.24) is 0 Å². The summed E-state index contributed by atoms with van der Waals surface area (Å²) in [5.74, 6) is -1.12. The van der Waals surface area contributed by atoms with Crippen molar-refractivity contribution in [2.24, 2.45) is 11.7 Å². The van der Waals surface area contributed by atoms with Gasteiger partial charge in [0.2, 0.25) is 5.76 Å². The third-order valence-electron chi connectivity index (χ3n) is 2.59. The fourth-order valence-corrected chi connectivity index (χ4v) is 1.75. The zero-order chi connectivity index (χ0) is 12.6. The maximum Gasteiger partial charge on any atom is 0.285 e. The third kappa shape index (κ3) is 1.82. The van der Waals surface area contributed by atoms with Gasteiger partial charge in [-0.2, -0.15) is 0 Å². The topological polar surface area (TPSA) is 73.3 Å². The van der Waals surface area contributed by atoms with E-state index in [2.05, 4.69) is 0 Å².